The van der Waals surface area contributed by atoms with Gasteiger partial charge in [0.25, 0.3) is 0 Å². The van der Waals surface area contributed by atoms with Crippen molar-refractivity contribution in [3.05, 3.63) is 29.3 Å². The van der Waals surface area contributed by atoms with E-state index in [0.29, 0.717) is 31.1 Å². The number of hydrogen-bond acceptors (Lipinski definition) is 2. The highest BCUT2D eigenvalue weighted by Gasteiger charge is 2.15. The Morgan fingerprint density at radius 3 is 2.05 bits per heavy atom. The fraction of sp³-hybridized carbons (Fsp3) is 0.600. The maximum atomic E-state index is 14.0. The minimum atomic E-state index is -0.481. The average molecular weight is 270 g/mol. The molecule has 0 saturated heterocycles. The zero-order valence-electron chi connectivity index (χ0n) is 12.3. The highest BCUT2D eigenvalue weighted by Crippen LogP contribution is 2.24. The fourth-order valence-electron chi connectivity index (χ4n) is 2.07. The van der Waals surface area contributed by atoms with Gasteiger partial charge in [-0.3, -0.25) is 0 Å². The highest BCUT2D eigenvalue weighted by atomic mass is 19.1. The Labute approximate surface area is 114 Å². The van der Waals surface area contributed by atoms with Gasteiger partial charge in [-0.2, -0.15) is 0 Å². The molecule has 4 heteroatoms. The largest absolute Gasteiger partial charge is 0.367 e. The molecule has 0 atom stereocenters. The lowest BCUT2D eigenvalue weighted by Crippen LogP contribution is -2.25. The van der Waals surface area contributed by atoms with E-state index in [1.807, 2.05) is 13.8 Å². The molecular formula is C15H24F2N2. The van der Waals surface area contributed by atoms with Crippen molar-refractivity contribution in [1.29, 1.82) is 0 Å². The molecule has 0 amide bonds. The predicted octanol–water partition coefficient (Wildman–Crippen LogP) is 3.56. The quantitative estimate of drug-likeness (QED) is 0.815. The molecule has 0 radical (unpaired) electrons. The minimum Gasteiger partial charge on any atom is -0.367 e. The SMILES string of the molecule is CCN(CC)c1c(F)cc(CNCC(C)C)cc1F. The molecule has 0 spiro atoms. The van der Waals surface area contributed by atoms with Gasteiger partial charge in [-0.05, 0) is 44.0 Å². The molecule has 0 aliphatic rings. The summed E-state index contributed by atoms with van der Waals surface area (Å²) in [4.78, 5) is 1.69. The normalized spacial score (nSPS) is 11.1. The van der Waals surface area contributed by atoms with Gasteiger partial charge in [0.15, 0.2) is 0 Å². The first-order chi connectivity index (χ1) is 8.99. The van der Waals surface area contributed by atoms with E-state index in [2.05, 4.69) is 19.2 Å². The van der Waals surface area contributed by atoms with Gasteiger partial charge in [-0.25, -0.2) is 8.78 Å². The van der Waals surface area contributed by atoms with Crippen LogP contribution >= 0.6 is 0 Å². The third kappa shape index (κ3) is 4.46. The Morgan fingerprint density at radius 1 is 1.11 bits per heavy atom. The van der Waals surface area contributed by atoms with E-state index in [0.717, 1.165) is 6.54 Å². The van der Waals surface area contributed by atoms with Crippen molar-refractivity contribution in [3.8, 4) is 0 Å². The van der Waals surface area contributed by atoms with Crippen LogP contribution in [-0.2, 0) is 6.54 Å². The van der Waals surface area contributed by atoms with Crippen LogP contribution in [0.5, 0.6) is 0 Å². The predicted molar refractivity (Wildman–Crippen MR) is 76.5 cm³/mol. The molecule has 0 aromatic heterocycles. The molecule has 19 heavy (non-hydrogen) atoms. The van der Waals surface area contributed by atoms with Gasteiger partial charge < -0.3 is 10.2 Å². The van der Waals surface area contributed by atoms with Crippen molar-refractivity contribution in [2.45, 2.75) is 34.2 Å². The lowest BCUT2D eigenvalue weighted by molar-refractivity contribution is 0.542. The van der Waals surface area contributed by atoms with Crippen molar-refractivity contribution in [1.82, 2.24) is 5.32 Å². The summed E-state index contributed by atoms with van der Waals surface area (Å²) in [6.45, 7) is 10.5. The number of anilines is 1. The summed E-state index contributed by atoms with van der Waals surface area (Å²) in [5.74, 6) is -0.445. The van der Waals surface area contributed by atoms with E-state index in [1.54, 1.807) is 4.90 Å². The Hall–Kier alpha value is -1.16. The molecule has 0 aliphatic heterocycles. The van der Waals surface area contributed by atoms with Crippen LogP contribution in [0.15, 0.2) is 12.1 Å². The Bertz CT molecular complexity index is 378. The number of halogens is 2. The van der Waals surface area contributed by atoms with E-state index in [4.69, 9.17) is 0 Å². The maximum absolute atomic E-state index is 14.0. The van der Waals surface area contributed by atoms with Gasteiger partial charge in [-0.15, -0.1) is 0 Å². The highest BCUT2D eigenvalue weighted by molar-refractivity contribution is 5.50. The molecule has 0 bridgehead atoms. The van der Waals surface area contributed by atoms with Crippen LogP contribution in [0.1, 0.15) is 33.3 Å². The summed E-state index contributed by atoms with van der Waals surface area (Å²) in [5, 5.41) is 3.19. The summed E-state index contributed by atoms with van der Waals surface area (Å²) >= 11 is 0. The molecule has 0 aliphatic carbocycles. The Balaban J connectivity index is 2.84. The van der Waals surface area contributed by atoms with Gasteiger partial charge in [-0.1, -0.05) is 13.8 Å². The van der Waals surface area contributed by atoms with Crippen LogP contribution in [-0.4, -0.2) is 19.6 Å². The van der Waals surface area contributed by atoms with Gasteiger partial charge >= 0.3 is 0 Å². The molecule has 1 aromatic rings. The smallest absolute Gasteiger partial charge is 0.149 e. The summed E-state index contributed by atoms with van der Waals surface area (Å²) < 4.78 is 28.0. The first-order valence-electron chi connectivity index (χ1n) is 6.93. The first kappa shape index (κ1) is 15.9. The second kappa shape index (κ2) is 7.43. The third-order valence-corrected chi connectivity index (χ3v) is 3.04. The van der Waals surface area contributed by atoms with Crippen LogP contribution in [0.25, 0.3) is 0 Å². The fourth-order valence-corrected chi connectivity index (χ4v) is 2.07. The minimum absolute atomic E-state index is 0.0811. The number of nitrogens with one attached hydrogen (secondary N) is 1. The van der Waals surface area contributed by atoms with Crippen LogP contribution in [0.2, 0.25) is 0 Å². The van der Waals surface area contributed by atoms with E-state index in [-0.39, 0.29) is 5.69 Å². The number of benzene rings is 1. The molecule has 1 N–H and O–H groups in total. The first-order valence-corrected chi connectivity index (χ1v) is 6.93. The third-order valence-electron chi connectivity index (χ3n) is 3.04. The van der Waals surface area contributed by atoms with Crippen LogP contribution in [0.4, 0.5) is 14.5 Å². The van der Waals surface area contributed by atoms with Crippen molar-refractivity contribution >= 4 is 5.69 Å². The van der Waals surface area contributed by atoms with Crippen molar-refractivity contribution < 1.29 is 8.78 Å². The molecule has 2 nitrogen and oxygen atoms in total. The number of hydrogen-bond donors (Lipinski definition) is 1. The second-order valence-corrected chi connectivity index (χ2v) is 5.11. The van der Waals surface area contributed by atoms with E-state index in [1.165, 1.54) is 12.1 Å². The Morgan fingerprint density at radius 2 is 1.63 bits per heavy atom. The Kier molecular flexibility index (Phi) is 6.22. The summed E-state index contributed by atoms with van der Waals surface area (Å²) in [7, 11) is 0. The van der Waals surface area contributed by atoms with Gasteiger partial charge in [0.2, 0.25) is 0 Å². The molecule has 0 saturated carbocycles. The second-order valence-electron chi connectivity index (χ2n) is 5.11. The van der Waals surface area contributed by atoms with Crippen molar-refractivity contribution in [2.24, 2.45) is 5.92 Å². The van der Waals surface area contributed by atoms with Crippen molar-refractivity contribution in [3.63, 3.8) is 0 Å². The summed E-state index contributed by atoms with van der Waals surface area (Å²) in [5.41, 5.74) is 0.726. The zero-order chi connectivity index (χ0) is 14.4. The molecule has 0 heterocycles. The zero-order valence-corrected chi connectivity index (χ0v) is 12.3. The van der Waals surface area contributed by atoms with E-state index < -0.39 is 11.6 Å². The van der Waals surface area contributed by atoms with Crippen LogP contribution in [0.3, 0.4) is 0 Å². The average Bonchev–Trinajstić information content (AvgIpc) is 2.33. The van der Waals surface area contributed by atoms with E-state index in [9.17, 15) is 8.78 Å². The topological polar surface area (TPSA) is 15.3 Å². The van der Waals surface area contributed by atoms with Crippen molar-refractivity contribution in [2.75, 3.05) is 24.5 Å². The molecular weight excluding hydrogens is 246 g/mol. The molecule has 1 aromatic carbocycles. The summed E-state index contributed by atoms with van der Waals surface area (Å²) in [6.07, 6.45) is 0. The number of rotatable bonds is 7. The number of nitrogens with zero attached hydrogens (tertiary/aromatic N) is 1. The van der Waals surface area contributed by atoms with Gasteiger partial charge in [0, 0.05) is 19.6 Å². The van der Waals surface area contributed by atoms with E-state index >= 15 is 0 Å². The standard InChI is InChI=1S/C15H24F2N2/c1-5-19(6-2)15-13(16)7-12(8-14(15)17)10-18-9-11(3)4/h7-8,11,18H,5-6,9-10H2,1-4H3. The molecule has 1 rings (SSSR count). The summed E-state index contributed by atoms with van der Waals surface area (Å²) in [6, 6.07) is 2.84. The van der Waals surface area contributed by atoms with Gasteiger partial charge in [0.05, 0.1) is 0 Å². The monoisotopic (exact) mass is 270 g/mol. The van der Waals surface area contributed by atoms with Crippen LogP contribution in [0, 0.1) is 17.6 Å². The lowest BCUT2D eigenvalue weighted by Gasteiger charge is -2.22. The molecule has 0 unspecified atom stereocenters. The van der Waals surface area contributed by atoms with Gasteiger partial charge in [0.1, 0.15) is 17.3 Å². The molecule has 0 fully saturated rings. The molecule has 108 valence electrons. The lowest BCUT2D eigenvalue weighted by atomic mass is 10.1. The maximum Gasteiger partial charge on any atom is 0.149 e. The van der Waals surface area contributed by atoms with Crippen LogP contribution < -0.4 is 10.2 Å².